The predicted octanol–water partition coefficient (Wildman–Crippen LogP) is 6.50. The van der Waals surface area contributed by atoms with Crippen molar-refractivity contribution in [3.63, 3.8) is 0 Å². The van der Waals surface area contributed by atoms with Crippen molar-refractivity contribution in [2.45, 2.75) is 0 Å². The number of anilines is 4. The molecule has 4 aromatic carbocycles. The molecule has 5 rings (SSSR count). The molecule has 0 atom stereocenters. The maximum atomic E-state index is 13.6. The first-order valence-corrected chi connectivity index (χ1v) is 11.8. The Balaban J connectivity index is 1.50. The van der Waals surface area contributed by atoms with Gasteiger partial charge in [-0.1, -0.05) is 84.1 Å². The molecule has 0 N–H and O–H groups in total. The molecule has 0 aliphatic carbocycles. The number of hydrogen-bond acceptors (Lipinski definition) is 5. The lowest BCUT2D eigenvalue weighted by Crippen LogP contribution is -2.26. The first-order valence-electron chi connectivity index (χ1n) is 10.9. The van der Waals surface area contributed by atoms with Crippen molar-refractivity contribution in [2.24, 2.45) is 0 Å². The summed E-state index contributed by atoms with van der Waals surface area (Å²) in [5, 5.41) is 8.47. The summed E-state index contributed by atoms with van der Waals surface area (Å²) in [5.41, 5.74) is 2.79. The Morgan fingerprint density at radius 3 is 0.971 bits per heavy atom. The molecular weight excluding hydrogens is 456 g/mol. The van der Waals surface area contributed by atoms with Crippen molar-refractivity contribution in [1.82, 2.24) is 10.2 Å². The van der Waals surface area contributed by atoms with Crippen molar-refractivity contribution >= 4 is 45.9 Å². The second kappa shape index (κ2) is 10.1. The first kappa shape index (κ1) is 22.2. The normalized spacial score (nSPS) is 10.5. The summed E-state index contributed by atoms with van der Waals surface area (Å²) in [7, 11) is 0. The van der Waals surface area contributed by atoms with Crippen LogP contribution in [-0.4, -0.2) is 22.0 Å². The van der Waals surface area contributed by atoms with E-state index in [9.17, 15) is 9.59 Å². The fraction of sp³-hybridized carbons (Fsp3) is 0. The van der Waals surface area contributed by atoms with Crippen molar-refractivity contribution in [2.75, 3.05) is 9.80 Å². The average molecular weight is 477 g/mol. The van der Waals surface area contributed by atoms with Crippen LogP contribution in [0.15, 0.2) is 121 Å². The van der Waals surface area contributed by atoms with Gasteiger partial charge in [0.2, 0.25) is 10.0 Å². The standard InChI is InChI=1S/C28H20N4O2S/c33-27(31(21-13-5-1-6-14-21)22-15-7-2-8-16-22)25-29-30-26(35-25)28(34)32(23-17-9-3-10-18-23)24-19-11-4-12-20-24/h1-20H. The largest absolute Gasteiger partial charge is 0.293 e. The van der Waals surface area contributed by atoms with E-state index in [1.807, 2.05) is 121 Å². The van der Waals surface area contributed by atoms with Crippen LogP contribution in [0.25, 0.3) is 0 Å². The number of rotatable bonds is 6. The minimum absolute atomic E-state index is 0.127. The SMILES string of the molecule is O=C(c1nnc(C(=O)N(c2ccccc2)c2ccccc2)s1)N(c1ccccc1)c1ccccc1. The highest BCUT2D eigenvalue weighted by atomic mass is 32.1. The molecule has 2 amide bonds. The Morgan fingerprint density at radius 2 is 0.714 bits per heavy atom. The number of carbonyl (C=O) groups excluding carboxylic acids is 2. The van der Waals surface area contributed by atoms with Gasteiger partial charge in [0.1, 0.15) is 0 Å². The van der Waals surface area contributed by atoms with Gasteiger partial charge in [-0.15, -0.1) is 10.2 Å². The van der Waals surface area contributed by atoms with Gasteiger partial charge in [-0.25, -0.2) is 0 Å². The van der Waals surface area contributed by atoms with Gasteiger partial charge in [-0.3, -0.25) is 19.4 Å². The molecule has 0 radical (unpaired) electrons. The van der Waals surface area contributed by atoms with Crippen LogP contribution in [0.5, 0.6) is 0 Å². The maximum Gasteiger partial charge on any atom is 0.293 e. The van der Waals surface area contributed by atoms with Crippen LogP contribution in [0.1, 0.15) is 19.6 Å². The van der Waals surface area contributed by atoms with Crippen LogP contribution >= 0.6 is 11.3 Å². The van der Waals surface area contributed by atoms with Crippen molar-refractivity contribution < 1.29 is 9.59 Å². The fourth-order valence-corrected chi connectivity index (χ4v) is 4.37. The number of carbonyl (C=O) groups is 2. The molecule has 170 valence electrons. The molecule has 0 bridgehead atoms. The van der Waals surface area contributed by atoms with Gasteiger partial charge < -0.3 is 0 Å². The van der Waals surface area contributed by atoms with Gasteiger partial charge in [0.05, 0.1) is 0 Å². The number of aromatic nitrogens is 2. The molecule has 0 saturated carbocycles. The Hall–Kier alpha value is -4.62. The molecule has 7 heteroatoms. The maximum absolute atomic E-state index is 13.6. The number of para-hydroxylation sites is 4. The summed E-state index contributed by atoms with van der Waals surface area (Å²) >= 11 is 0.980. The zero-order valence-corrected chi connectivity index (χ0v) is 19.4. The first-order chi connectivity index (χ1) is 17.2. The van der Waals surface area contributed by atoms with E-state index >= 15 is 0 Å². The lowest BCUT2D eigenvalue weighted by atomic mass is 10.2. The zero-order chi connectivity index (χ0) is 24.0. The number of amides is 2. The van der Waals surface area contributed by atoms with Gasteiger partial charge in [0, 0.05) is 22.7 Å². The van der Waals surface area contributed by atoms with Gasteiger partial charge in [0.15, 0.2) is 0 Å². The second-order valence-electron chi connectivity index (χ2n) is 7.54. The summed E-state index contributed by atoms with van der Waals surface area (Å²) in [5.74, 6) is -0.713. The van der Waals surface area contributed by atoms with Crippen molar-refractivity contribution in [3.05, 3.63) is 131 Å². The summed E-state index contributed by atoms with van der Waals surface area (Å²) in [4.78, 5) is 30.3. The summed E-state index contributed by atoms with van der Waals surface area (Å²) in [6, 6.07) is 37.3. The summed E-state index contributed by atoms with van der Waals surface area (Å²) < 4.78 is 0. The molecule has 0 saturated heterocycles. The molecule has 6 nitrogen and oxygen atoms in total. The third kappa shape index (κ3) is 4.71. The molecule has 35 heavy (non-hydrogen) atoms. The van der Waals surface area contributed by atoms with Gasteiger partial charge in [-0.05, 0) is 48.5 Å². The lowest BCUT2D eigenvalue weighted by molar-refractivity contribution is 0.0989. The van der Waals surface area contributed by atoms with E-state index in [1.54, 1.807) is 9.80 Å². The zero-order valence-electron chi connectivity index (χ0n) is 18.6. The van der Waals surface area contributed by atoms with Crippen molar-refractivity contribution in [1.29, 1.82) is 0 Å². The predicted molar refractivity (Wildman–Crippen MR) is 139 cm³/mol. The van der Waals surface area contributed by atoms with E-state index in [0.29, 0.717) is 22.7 Å². The summed E-state index contributed by atoms with van der Waals surface area (Å²) in [6.07, 6.45) is 0. The van der Waals surface area contributed by atoms with Crippen LogP contribution in [-0.2, 0) is 0 Å². The monoisotopic (exact) mass is 476 g/mol. The van der Waals surface area contributed by atoms with Gasteiger partial charge >= 0.3 is 0 Å². The third-order valence-corrected chi connectivity index (χ3v) is 6.15. The highest BCUT2D eigenvalue weighted by Gasteiger charge is 2.28. The number of benzene rings is 4. The van der Waals surface area contributed by atoms with E-state index in [0.717, 1.165) is 11.3 Å². The molecule has 0 spiro atoms. The van der Waals surface area contributed by atoms with E-state index in [1.165, 1.54) is 0 Å². The van der Waals surface area contributed by atoms with Crippen LogP contribution in [0.2, 0.25) is 0 Å². The smallest absolute Gasteiger partial charge is 0.275 e. The topological polar surface area (TPSA) is 66.4 Å². The van der Waals surface area contributed by atoms with Gasteiger partial charge in [-0.2, -0.15) is 0 Å². The average Bonchev–Trinajstić information content (AvgIpc) is 3.42. The quantitative estimate of drug-likeness (QED) is 0.281. The van der Waals surface area contributed by atoms with Crippen LogP contribution in [0.4, 0.5) is 22.7 Å². The van der Waals surface area contributed by atoms with Crippen LogP contribution in [0, 0.1) is 0 Å². The Kier molecular flexibility index (Phi) is 6.41. The summed E-state index contributed by atoms with van der Waals surface area (Å²) in [6.45, 7) is 0. The number of hydrogen-bond donors (Lipinski definition) is 0. The lowest BCUT2D eigenvalue weighted by Gasteiger charge is -2.22. The fourth-order valence-electron chi connectivity index (χ4n) is 3.66. The molecule has 1 heterocycles. The molecule has 0 aliphatic heterocycles. The molecule has 0 fully saturated rings. The van der Waals surface area contributed by atoms with Crippen LogP contribution in [0.3, 0.4) is 0 Å². The molecule has 0 aliphatic rings. The Bertz CT molecular complexity index is 1240. The molecular formula is C28H20N4O2S. The Labute approximate surface area is 206 Å². The minimum atomic E-state index is -0.357. The van der Waals surface area contributed by atoms with E-state index < -0.39 is 0 Å². The minimum Gasteiger partial charge on any atom is -0.275 e. The van der Waals surface area contributed by atoms with E-state index in [-0.39, 0.29) is 21.8 Å². The Morgan fingerprint density at radius 1 is 0.457 bits per heavy atom. The highest BCUT2D eigenvalue weighted by molar-refractivity contribution is 7.15. The second-order valence-corrected chi connectivity index (χ2v) is 8.51. The molecule has 5 aromatic rings. The third-order valence-electron chi connectivity index (χ3n) is 5.25. The molecule has 1 aromatic heterocycles. The number of nitrogens with zero attached hydrogens (tertiary/aromatic N) is 4. The van der Waals surface area contributed by atoms with Gasteiger partial charge in [0.25, 0.3) is 11.8 Å². The van der Waals surface area contributed by atoms with Crippen LogP contribution < -0.4 is 9.80 Å². The molecule has 0 unspecified atom stereocenters. The van der Waals surface area contributed by atoms with E-state index in [2.05, 4.69) is 10.2 Å². The van der Waals surface area contributed by atoms with E-state index in [4.69, 9.17) is 0 Å². The highest BCUT2D eigenvalue weighted by Crippen LogP contribution is 2.30. The van der Waals surface area contributed by atoms with Crippen molar-refractivity contribution in [3.8, 4) is 0 Å².